The van der Waals surface area contributed by atoms with Gasteiger partial charge in [-0.15, -0.1) is 0 Å². The van der Waals surface area contributed by atoms with Gasteiger partial charge in [0, 0.05) is 88.1 Å². The molecule has 4 aromatic heterocycles. The first-order chi connectivity index (χ1) is 54.7. The van der Waals surface area contributed by atoms with Crippen LogP contribution in [0, 0.1) is 0 Å². The molecular weight excluding hydrogens is 1340 g/mol. The van der Waals surface area contributed by atoms with Gasteiger partial charge in [-0.25, -0.2) is 0 Å². The summed E-state index contributed by atoms with van der Waals surface area (Å²) in [5.74, 6) is 0. The summed E-state index contributed by atoms with van der Waals surface area (Å²) in [5.41, 5.74) is 37.1. The lowest BCUT2D eigenvalue weighted by Crippen LogP contribution is -2.61. The standard InChI is InChI=1S/C106H71BN4/c1-106(2,3)78-64-99-101-100(65-78)111(103-85(70-38-18-8-19-39-70)56-75(67-32-12-5-13-33-67)57-86(103)71-40-20-9-21-41-71)98-63-73(77-60-89-81-44-24-28-48-95(81)109-96-49-29-25-45-82(96)90(61-77)105(89)109)51-53-92(98)107(101)91-52-50-72(76-58-87-79-42-22-26-46-93(79)108-94-47-27-23-43-80(94)88(59-76)104(87)108)62-97(91)110(99)102-83(68-34-14-6-15-35-68)54-74(66-30-10-4-11-31-66)55-84(102)69-36-16-7-17-37-69/h4-65H,1-3H3. The van der Waals surface area contributed by atoms with E-state index < -0.39 is 0 Å². The van der Waals surface area contributed by atoms with Crippen LogP contribution in [0.15, 0.2) is 376 Å². The number of hydrogen-bond donors (Lipinski definition) is 0. The molecule has 0 aliphatic carbocycles. The van der Waals surface area contributed by atoms with Crippen molar-refractivity contribution >= 4 is 133 Å². The molecule has 0 radical (unpaired) electrons. The highest BCUT2D eigenvalue weighted by atomic mass is 15.2. The summed E-state index contributed by atoms with van der Waals surface area (Å²) in [6, 6.07) is 143. The van der Waals surface area contributed by atoms with E-state index in [4.69, 9.17) is 0 Å². The van der Waals surface area contributed by atoms with E-state index >= 15 is 0 Å². The van der Waals surface area contributed by atoms with Gasteiger partial charge in [-0.1, -0.05) is 300 Å². The SMILES string of the molecule is CC(C)(C)c1cc2c3c(c1)N(c1c(-c4ccccc4)cc(-c4ccccc4)cc1-c1ccccc1)c1cc(-c4cc5c6ccccc6n6c7ccccc7c(c4)c56)ccc1B3c1ccc(-c3cc4c5ccccc5n5c6ccccc6c(c3)c45)cc1N2c1c(-c2ccccc2)cc(-c2ccccc2)cc1-c1ccccc1. The molecule has 4 nitrogen and oxygen atoms in total. The van der Waals surface area contributed by atoms with Crippen LogP contribution < -0.4 is 26.2 Å². The second-order valence-electron chi connectivity index (χ2n) is 31.4. The highest BCUT2D eigenvalue weighted by Crippen LogP contribution is 2.57. The Morgan fingerprint density at radius 3 is 0.784 bits per heavy atom. The number of para-hydroxylation sites is 4. The fraction of sp³-hybridized carbons (Fsp3) is 0.0377. The molecule has 5 heteroatoms. The lowest BCUT2D eigenvalue weighted by atomic mass is 9.33. The number of benzene rings is 17. The Bertz CT molecular complexity index is 6620. The summed E-state index contributed by atoms with van der Waals surface area (Å²) in [6.45, 7) is 6.95. The average molecular weight is 1410 g/mol. The molecule has 2 aliphatic rings. The van der Waals surface area contributed by atoms with Crippen LogP contribution in [0.25, 0.3) is 165 Å². The van der Waals surface area contributed by atoms with Crippen LogP contribution in [-0.2, 0) is 5.41 Å². The van der Waals surface area contributed by atoms with Crippen LogP contribution in [0.1, 0.15) is 26.3 Å². The quantitative estimate of drug-likeness (QED) is 0.127. The molecule has 0 saturated heterocycles. The van der Waals surface area contributed by atoms with Gasteiger partial charge >= 0.3 is 0 Å². The van der Waals surface area contributed by atoms with Crippen LogP contribution in [0.2, 0.25) is 0 Å². The van der Waals surface area contributed by atoms with E-state index in [1.165, 1.54) is 109 Å². The van der Waals surface area contributed by atoms with E-state index in [0.717, 1.165) is 112 Å². The van der Waals surface area contributed by atoms with Crippen LogP contribution >= 0.6 is 0 Å². The second-order valence-corrected chi connectivity index (χ2v) is 31.4. The fourth-order valence-corrected chi connectivity index (χ4v) is 19.2. The molecule has 23 rings (SSSR count). The Balaban J connectivity index is 0.879. The first kappa shape index (κ1) is 63.1. The summed E-state index contributed by atoms with van der Waals surface area (Å²) >= 11 is 0. The molecule has 17 aromatic carbocycles. The topological polar surface area (TPSA) is 15.3 Å². The summed E-state index contributed by atoms with van der Waals surface area (Å²) < 4.78 is 4.99. The largest absolute Gasteiger partial charge is 0.310 e. The maximum atomic E-state index is 2.74. The molecule has 0 N–H and O–H groups in total. The average Bonchev–Trinajstić information content (AvgIpc) is 1.58. The van der Waals surface area contributed by atoms with Crippen LogP contribution in [0.3, 0.4) is 0 Å². The molecule has 0 unspecified atom stereocenters. The van der Waals surface area contributed by atoms with Gasteiger partial charge in [0.25, 0.3) is 6.71 Å². The summed E-state index contributed by atoms with van der Waals surface area (Å²) in [5, 5.41) is 10.0. The third-order valence-corrected chi connectivity index (χ3v) is 24.2. The molecule has 0 amide bonds. The molecule has 6 heterocycles. The monoisotopic (exact) mass is 1410 g/mol. The highest BCUT2D eigenvalue weighted by molar-refractivity contribution is 7.00. The van der Waals surface area contributed by atoms with Crippen molar-refractivity contribution in [1.29, 1.82) is 0 Å². The van der Waals surface area contributed by atoms with Crippen molar-refractivity contribution < 1.29 is 0 Å². The van der Waals surface area contributed by atoms with E-state index in [9.17, 15) is 0 Å². The third-order valence-electron chi connectivity index (χ3n) is 24.2. The summed E-state index contributed by atoms with van der Waals surface area (Å²) in [7, 11) is 0. The first-order valence-electron chi connectivity index (χ1n) is 38.8. The fourth-order valence-electron chi connectivity index (χ4n) is 19.2. The normalized spacial score (nSPS) is 12.8. The summed E-state index contributed by atoms with van der Waals surface area (Å²) in [4.78, 5) is 5.47. The Morgan fingerprint density at radius 1 is 0.216 bits per heavy atom. The number of hydrogen-bond acceptors (Lipinski definition) is 2. The van der Waals surface area contributed by atoms with E-state index in [0.29, 0.717) is 0 Å². The van der Waals surface area contributed by atoms with E-state index in [1.54, 1.807) is 0 Å². The van der Waals surface area contributed by atoms with Crippen molar-refractivity contribution in [3.63, 3.8) is 0 Å². The van der Waals surface area contributed by atoms with E-state index in [2.05, 4.69) is 415 Å². The van der Waals surface area contributed by atoms with Gasteiger partial charge in [0.05, 0.1) is 44.5 Å². The number of nitrogens with zero attached hydrogens (tertiary/aromatic N) is 4. The molecule has 0 atom stereocenters. The maximum absolute atomic E-state index is 2.74. The Labute approximate surface area is 644 Å². The number of fused-ring (bicyclic) bond motifs is 16. The molecule has 2 aliphatic heterocycles. The Morgan fingerprint density at radius 2 is 0.486 bits per heavy atom. The minimum Gasteiger partial charge on any atom is -0.310 e. The van der Waals surface area contributed by atoms with E-state index in [-0.39, 0.29) is 12.1 Å². The molecular formula is C106H71BN4. The van der Waals surface area contributed by atoms with Crippen molar-refractivity contribution in [2.24, 2.45) is 0 Å². The number of rotatable bonds is 10. The van der Waals surface area contributed by atoms with Crippen LogP contribution in [0.4, 0.5) is 34.1 Å². The zero-order chi connectivity index (χ0) is 73.3. The van der Waals surface area contributed by atoms with E-state index in [1.807, 2.05) is 0 Å². The van der Waals surface area contributed by atoms with Gasteiger partial charge < -0.3 is 18.6 Å². The smallest absolute Gasteiger partial charge is 0.252 e. The van der Waals surface area contributed by atoms with Gasteiger partial charge in [0.15, 0.2) is 0 Å². The predicted molar refractivity (Wildman–Crippen MR) is 472 cm³/mol. The zero-order valence-corrected chi connectivity index (χ0v) is 61.7. The third kappa shape index (κ3) is 9.55. The van der Waals surface area contributed by atoms with Crippen molar-refractivity contribution in [3.05, 3.63) is 382 Å². The molecule has 0 fully saturated rings. The molecule has 0 saturated carbocycles. The molecule has 0 bridgehead atoms. The van der Waals surface area contributed by atoms with Crippen molar-refractivity contribution in [1.82, 2.24) is 8.80 Å². The van der Waals surface area contributed by atoms with Gasteiger partial charge in [-0.3, -0.25) is 0 Å². The Kier molecular flexibility index (Phi) is 13.8. The van der Waals surface area contributed by atoms with Gasteiger partial charge in [0.2, 0.25) is 0 Å². The second kappa shape index (κ2) is 24.3. The maximum Gasteiger partial charge on any atom is 0.252 e. The lowest BCUT2D eigenvalue weighted by molar-refractivity contribution is 0.590. The van der Waals surface area contributed by atoms with Crippen LogP contribution in [-0.4, -0.2) is 15.5 Å². The van der Waals surface area contributed by atoms with Gasteiger partial charge in [-0.2, -0.15) is 0 Å². The molecule has 518 valence electrons. The zero-order valence-electron chi connectivity index (χ0n) is 61.7. The lowest BCUT2D eigenvalue weighted by Gasteiger charge is -2.46. The minimum absolute atomic E-state index is 0.257. The highest BCUT2D eigenvalue weighted by Gasteiger charge is 2.46. The molecule has 0 spiro atoms. The number of aromatic nitrogens is 2. The van der Waals surface area contributed by atoms with Crippen molar-refractivity contribution in [2.75, 3.05) is 9.80 Å². The van der Waals surface area contributed by atoms with Crippen LogP contribution in [0.5, 0.6) is 0 Å². The first-order valence-corrected chi connectivity index (χ1v) is 38.8. The van der Waals surface area contributed by atoms with Crippen molar-refractivity contribution in [2.45, 2.75) is 26.2 Å². The predicted octanol–water partition coefficient (Wildman–Crippen LogP) is 26.7. The van der Waals surface area contributed by atoms with Gasteiger partial charge in [0.1, 0.15) is 0 Å². The number of anilines is 6. The molecule has 21 aromatic rings. The molecule has 111 heavy (non-hydrogen) atoms. The van der Waals surface area contributed by atoms with Crippen molar-refractivity contribution in [3.8, 4) is 89.0 Å². The van der Waals surface area contributed by atoms with Gasteiger partial charge in [-0.05, 0) is 191 Å². The minimum atomic E-state index is -0.354. The summed E-state index contributed by atoms with van der Waals surface area (Å²) in [6.07, 6.45) is 0. The Hall–Kier alpha value is -14.0.